The Morgan fingerprint density at radius 1 is 0.960 bits per heavy atom. The van der Waals surface area contributed by atoms with Crippen LogP contribution in [-0.2, 0) is 0 Å². The lowest BCUT2D eigenvalue weighted by atomic mass is 9.31. The maximum absolute atomic E-state index is 4.97. The van der Waals surface area contributed by atoms with Crippen LogP contribution < -0.4 is 0 Å². The van der Waals surface area contributed by atoms with Gasteiger partial charge in [0.05, 0.1) is 0 Å². The van der Waals surface area contributed by atoms with Crippen molar-refractivity contribution in [1.29, 1.82) is 0 Å². The molecule has 5 rings (SSSR count). The van der Waals surface area contributed by atoms with Gasteiger partial charge in [0, 0.05) is 5.25 Å². The van der Waals surface area contributed by atoms with E-state index in [0.29, 0.717) is 10.7 Å². The summed E-state index contributed by atoms with van der Waals surface area (Å²) >= 11 is 4.97. The van der Waals surface area contributed by atoms with Crippen LogP contribution in [0.25, 0.3) is 0 Å². The van der Waals surface area contributed by atoms with Gasteiger partial charge in [0.15, 0.2) is 0 Å². The van der Waals surface area contributed by atoms with Crippen LogP contribution in [0.3, 0.4) is 0 Å². The zero-order chi connectivity index (χ0) is 17.2. The van der Waals surface area contributed by atoms with Gasteiger partial charge in [0.25, 0.3) is 0 Å². The molecule has 0 nitrogen and oxygen atoms in total. The Hall–Kier alpha value is 0.350. The Labute approximate surface area is 161 Å². The van der Waals surface area contributed by atoms with Crippen molar-refractivity contribution in [3.05, 3.63) is 0 Å². The molecule has 5 saturated carbocycles. The molecule has 1 heteroatoms. The fourth-order valence-electron chi connectivity index (χ4n) is 8.89. The van der Waals surface area contributed by atoms with Crippen molar-refractivity contribution in [3.63, 3.8) is 0 Å². The zero-order valence-electron chi connectivity index (χ0n) is 16.7. The SMILES string of the molecule is CC(S)C1(C)CCC2CC(CC3CCC4CCCC3CC4)C23CCC13. The van der Waals surface area contributed by atoms with Gasteiger partial charge in [0.2, 0.25) is 0 Å². The van der Waals surface area contributed by atoms with Crippen molar-refractivity contribution in [2.75, 3.05) is 0 Å². The Morgan fingerprint density at radius 2 is 1.80 bits per heavy atom. The third kappa shape index (κ3) is 2.46. The summed E-state index contributed by atoms with van der Waals surface area (Å²) in [6, 6.07) is 0. The van der Waals surface area contributed by atoms with Gasteiger partial charge in [-0.05, 0) is 97.7 Å². The van der Waals surface area contributed by atoms with E-state index in [1.54, 1.807) is 64.2 Å². The summed E-state index contributed by atoms with van der Waals surface area (Å²) in [6.45, 7) is 4.98. The van der Waals surface area contributed by atoms with Gasteiger partial charge in [0.1, 0.15) is 0 Å². The zero-order valence-corrected chi connectivity index (χ0v) is 17.6. The second-order valence-corrected chi connectivity index (χ2v) is 12.0. The minimum Gasteiger partial charge on any atom is -0.176 e. The smallest absolute Gasteiger partial charge is 0.00451 e. The number of hydrogen-bond donors (Lipinski definition) is 1. The molecule has 0 N–H and O–H groups in total. The summed E-state index contributed by atoms with van der Waals surface area (Å²) in [5.41, 5.74) is 1.31. The molecule has 5 aliphatic carbocycles. The van der Waals surface area contributed by atoms with E-state index in [2.05, 4.69) is 13.8 Å². The monoisotopic (exact) mass is 360 g/mol. The molecule has 0 aromatic carbocycles. The summed E-state index contributed by atoms with van der Waals surface area (Å²) < 4.78 is 0. The molecule has 0 amide bonds. The van der Waals surface area contributed by atoms with Crippen LogP contribution in [0.1, 0.15) is 97.3 Å². The highest BCUT2D eigenvalue weighted by atomic mass is 32.1. The fourth-order valence-corrected chi connectivity index (χ4v) is 9.20. The van der Waals surface area contributed by atoms with Crippen LogP contribution in [0.4, 0.5) is 0 Å². The summed E-state index contributed by atoms with van der Waals surface area (Å²) in [6.07, 6.45) is 20.2. The van der Waals surface area contributed by atoms with Gasteiger partial charge < -0.3 is 0 Å². The average molecular weight is 361 g/mol. The van der Waals surface area contributed by atoms with E-state index >= 15 is 0 Å². The van der Waals surface area contributed by atoms with Gasteiger partial charge in [-0.2, -0.15) is 12.6 Å². The Morgan fingerprint density at radius 3 is 2.56 bits per heavy atom. The summed E-state index contributed by atoms with van der Waals surface area (Å²) in [7, 11) is 0. The van der Waals surface area contributed by atoms with Gasteiger partial charge >= 0.3 is 0 Å². The molecule has 0 aliphatic heterocycles. The van der Waals surface area contributed by atoms with Crippen molar-refractivity contribution in [3.8, 4) is 0 Å². The molecule has 0 radical (unpaired) electrons. The van der Waals surface area contributed by atoms with Crippen LogP contribution in [0.2, 0.25) is 0 Å². The third-order valence-corrected chi connectivity index (χ3v) is 11.3. The van der Waals surface area contributed by atoms with Crippen LogP contribution in [0, 0.1) is 46.3 Å². The third-order valence-electron chi connectivity index (χ3n) is 10.7. The topological polar surface area (TPSA) is 0 Å². The van der Waals surface area contributed by atoms with E-state index < -0.39 is 0 Å². The lowest BCUT2D eigenvalue weighted by Crippen LogP contribution is -2.67. The molecule has 1 spiro atoms. The predicted molar refractivity (Wildman–Crippen MR) is 110 cm³/mol. The van der Waals surface area contributed by atoms with Gasteiger partial charge in [-0.3, -0.25) is 0 Å². The minimum absolute atomic E-state index is 0.524. The van der Waals surface area contributed by atoms with E-state index in [1.165, 1.54) is 19.3 Å². The Kier molecular flexibility index (Phi) is 4.31. The second-order valence-electron chi connectivity index (χ2n) is 11.3. The first-order valence-electron chi connectivity index (χ1n) is 11.7. The summed E-state index contributed by atoms with van der Waals surface area (Å²) in [4.78, 5) is 0. The fraction of sp³-hybridized carbons (Fsp3) is 1.00. The van der Waals surface area contributed by atoms with E-state index in [9.17, 15) is 0 Å². The first-order valence-corrected chi connectivity index (χ1v) is 12.2. The lowest BCUT2D eigenvalue weighted by molar-refractivity contribution is -0.247. The first kappa shape index (κ1) is 17.4. The molecule has 2 bridgehead atoms. The molecule has 5 fully saturated rings. The van der Waals surface area contributed by atoms with E-state index in [0.717, 1.165) is 40.9 Å². The van der Waals surface area contributed by atoms with E-state index in [1.807, 2.05) is 0 Å². The lowest BCUT2D eigenvalue weighted by Gasteiger charge is -2.74. The highest BCUT2D eigenvalue weighted by Crippen LogP contribution is 2.76. The molecule has 0 aromatic rings. The van der Waals surface area contributed by atoms with Crippen molar-refractivity contribution < 1.29 is 0 Å². The van der Waals surface area contributed by atoms with Gasteiger partial charge in [-0.1, -0.05) is 46.0 Å². The molecule has 142 valence electrons. The molecular formula is C24H40S. The number of thiol groups is 1. The standard InChI is InChI=1S/C24H40S/c1-16(25)23(2)12-10-20-15-21(24(20)13-11-22(23)24)14-19-9-7-17-4-3-5-18(19)8-6-17/h16-22,25H,3-15H2,1-2H3. The molecule has 5 aliphatic rings. The van der Waals surface area contributed by atoms with Crippen molar-refractivity contribution in [2.24, 2.45) is 46.3 Å². The number of fused-ring (bicyclic) bond motifs is 3. The summed E-state index contributed by atoms with van der Waals surface area (Å²) in [5.74, 6) is 6.48. The second kappa shape index (κ2) is 6.18. The van der Waals surface area contributed by atoms with Crippen LogP contribution in [0.5, 0.6) is 0 Å². The Balaban J connectivity index is 1.33. The first-order chi connectivity index (χ1) is 12.0. The summed E-state index contributed by atoms with van der Waals surface area (Å²) in [5, 5.41) is 0.578. The van der Waals surface area contributed by atoms with Crippen molar-refractivity contribution in [1.82, 2.24) is 0 Å². The highest BCUT2D eigenvalue weighted by molar-refractivity contribution is 7.81. The van der Waals surface area contributed by atoms with E-state index in [-0.39, 0.29) is 0 Å². The van der Waals surface area contributed by atoms with Crippen LogP contribution in [0.15, 0.2) is 0 Å². The largest absolute Gasteiger partial charge is 0.176 e. The normalized spacial score (nSPS) is 55.8. The van der Waals surface area contributed by atoms with Crippen molar-refractivity contribution >= 4 is 12.6 Å². The van der Waals surface area contributed by atoms with Gasteiger partial charge in [-0.15, -0.1) is 0 Å². The number of rotatable bonds is 3. The average Bonchev–Trinajstić information content (AvgIpc) is 2.84. The molecular weight excluding hydrogens is 320 g/mol. The molecule has 0 heterocycles. The predicted octanol–water partition coefficient (Wildman–Crippen LogP) is 7.13. The van der Waals surface area contributed by atoms with E-state index in [4.69, 9.17) is 12.6 Å². The maximum Gasteiger partial charge on any atom is 0.00451 e. The number of hydrogen-bond acceptors (Lipinski definition) is 1. The van der Waals surface area contributed by atoms with Gasteiger partial charge in [-0.25, -0.2) is 0 Å². The molecule has 0 aromatic heterocycles. The van der Waals surface area contributed by atoms with Crippen molar-refractivity contribution in [2.45, 2.75) is 103 Å². The Bertz CT molecular complexity index is 512. The minimum atomic E-state index is 0.524. The molecule has 0 saturated heterocycles. The van der Waals surface area contributed by atoms with Crippen LogP contribution in [-0.4, -0.2) is 5.25 Å². The molecule has 9 unspecified atom stereocenters. The molecule has 9 atom stereocenters. The molecule has 25 heavy (non-hydrogen) atoms. The highest BCUT2D eigenvalue weighted by Gasteiger charge is 2.69. The quantitative estimate of drug-likeness (QED) is 0.508. The van der Waals surface area contributed by atoms with Crippen LogP contribution >= 0.6 is 12.6 Å². The maximum atomic E-state index is 4.97.